The fourth-order valence-electron chi connectivity index (χ4n) is 10.6. The number of fused-ring (bicyclic) bond motifs is 5. The maximum absolute atomic E-state index is 12.9. The Kier molecular flexibility index (Phi) is 8.42. The van der Waals surface area contributed by atoms with Crippen LogP contribution in [0.1, 0.15) is 79.1 Å². The molecule has 0 unspecified atom stereocenters. The van der Waals surface area contributed by atoms with Gasteiger partial charge in [-0.2, -0.15) is 0 Å². The number of aliphatic hydroxyl groups is 2. The highest BCUT2D eigenvalue weighted by Crippen LogP contribution is 2.69. The summed E-state index contributed by atoms with van der Waals surface area (Å²) in [5, 5.41) is 22.4. The van der Waals surface area contributed by atoms with Crippen molar-refractivity contribution in [2.75, 3.05) is 6.61 Å². The van der Waals surface area contributed by atoms with Gasteiger partial charge < -0.3 is 19.4 Å². The second-order valence-electron chi connectivity index (χ2n) is 14.7. The summed E-state index contributed by atoms with van der Waals surface area (Å²) < 4.78 is 38.5. The third kappa shape index (κ3) is 5.28. The molecule has 0 radical (unpaired) electrons. The number of sulfonamides is 1. The standard InChI is InChI=1S/C34H48N2O7S/c1-5-24-28-18-22(37)12-14-34(28,4)27-13-15-33(3)25(10-11-26(33)29(27)30(24)38)20(2)19-43-32(39)36-44(40,41)23-8-6-21(7-9-23)31-35-16-17-42-31/h6-9,16-17,20,22,24-30,37-38H,5,10-15,18-19H2,1-4H3,(H,36,39)/t20-,22-,24-,25-,26+,27+,28+,29+,30-,33-,34-/m1/s1. The molecular formula is C34H48N2O7S. The Hall–Kier alpha value is -2.43. The average molecular weight is 629 g/mol. The molecular weight excluding hydrogens is 580 g/mol. The molecule has 4 aliphatic carbocycles. The Bertz CT molecular complexity index is 1430. The number of carbonyl (C=O) groups excluding carboxylic acids is 1. The van der Waals surface area contributed by atoms with E-state index in [0.717, 1.165) is 51.4 Å². The SMILES string of the molecule is CC[C@H]1[C@@H](O)[C@@H]2[C@H](CC[C@]3(C)[C@@H]([C@H](C)COC(=O)NS(=O)(=O)c4ccc(-c5ncco5)cc4)CC[C@@H]23)[C@@]2(C)CC[C@@H](O)C[C@@H]12. The zero-order valence-corrected chi connectivity index (χ0v) is 27.1. The summed E-state index contributed by atoms with van der Waals surface area (Å²) in [7, 11) is -4.11. The van der Waals surface area contributed by atoms with Crippen LogP contribution in [0.25, 0.3) is 11.5 Å². The maximum Gasteiger partial charge on any atom is 0.421 e. The van der Waals surface area contributed by atoms with Crippen molar-refractivity contribution in [1.29, 1.82) is 0 Å². The predicted molar refractivity (Wildman–Crippen MR) is 165 cm³/mol. The van der Waals surface area contributed by atoms with E-state index in [1.54, 1.807) is 12.1 Å². The Morgan fingerprint density at radius 1 is 1.07 bits per heavy atom. The molecule has 6 rings (SSSR count). The molecule has 2 aromatic rings. The van der Waals surface area contributed by atoms with Gasteiger partial charge in [-0.25, -0.2) is 22.9 Å². The molecule has 1 heterocycles. The van der Waals surface area contributed by atoms with Crippen LogP contribution >= 0.6 is 0 Å². The Morgan fingerprint density at radius 2 is 1.77 bits per heavy atom. The van der Waals surface area contributed by atoms with E-state index >= 15 is 0 Å². The van der Waals surface area contributed by atoms with E-state index in [0.29, 0.717) is 35.1 Å². The van der Waals surface area contributed by atoms with Crippen LogP contribution in [0.3, 0.4) is 0 Å². The number of benzene rings is 1. The molecule has 1 aromatic carbocycles. The molecule has 0 spiro atoms. The van der Waals surface area contributed by atoms with E-state index in [4.69, 9.17) is 9.15 Å². The van der Waals surface area contributed by atoms with Crippen LogP contribution in [0.15, 0.2) is 46.0 Å². The Morgan fingerprint density at radius 3 is 2.45 bits per heavy atom. The normalized spacial score (nSPS) is 39.0. The van der Waals surface area contributed by atoms with Gasteiger partial charge in [0.2, 0.25) is 5.89 Å². The number of oxazole rings is 1. The van der Waals surface area contributed by atoms with Crippen molar-refractivity contribution in [1.82, 2.24) is 9.71 Å². The lowest BCUT2D eigenvalue weighted by Gasteiger charge is -2.64. The zero-order chi connectivity index (χ0) is 31.4. The summed E-state index contributed by atoms with van der Waals surface area (Å²) in [6, 6.07) is 5.94. The van der Waals surface area contributed by atoms with Gasteiger partial charge >= 0.3 is 6.09 Å². The van der Waals surface area contributed by atoms with Gasteiger partial charge in [0.15, 0.2) is 0 Å². The number of aromatic nitrogens is 1. The van der Waals surface area contributed by atoms with E-state index < -0.39 is 16.1 Å². The third-order valence-electron chi connectivity index (χ3n) is 12.7. The highest BCUT2D eigenvalue weighted by Gasteiger charge is 2.64. The number of rotatable bonds is 7. The first kappa shape index (κ1) is 31.5. The topological polar surface area (TPSA) is 139 Å². The fraction of sp³-hybridized carbons (Fsp3) is 0.706. The number of nitrogens with zero attached hydrogens (tertiary/aromatic N) is 1. The van der Waals surface area contributed by atoms with Crippen LogP contribution in [-0.2, 0) is 14.8 Å². The summed E-state index contributed by atoms with van der Waals surface area (Å²) in [4.78, 5) is 16.7. The molecule has 11 atom stereocenters. The smallest absolute Gasteiger partial charge is 0.421 e. The molecule has 9 nitrogen and oxygen atoms in total. The van der Waals surface area contributed by atoms with E-state index in [9.17, 15) is 23.4 Å². The van der Waals surface area contributed by atoms with Crippen LogP contribution in [0.5, 0.6) is 0 Å². The van der Waals surface area contributed by atoms with Crippen molar-refractivity contribution in [3.63, 3.8) is 0 Å². The Balaban J connectivity index is 1.10. The van der Waals surface area contributed by atoms with Gasteiger partial charge in [-0.15, -0.1) is 0 Å². The van der Waals surface area contributed by atoms with Gasteiger partial charge in [-0.05, 0) is 121 Å². The van der Waals surface area contributed by atoms with Crippen LogP contribution in [0.2, 0.25) is 0 Å². The second kappa shape index (κ2) is 11.7. The number of nitrogens with one attached hydrogen (secondary N) is 1. The number of aliphatic hydroxyl groups excluding tert-OH is 2. The number of ether oxygens (including phenoxy) is 1. The monoisotopic (exact) mass is 628 g/mol. The first-order valence-electron chi connectivity index (χ1n) is 16.4. The minimum Gasteiger partial charge on any atom is -0.449 e. The summed E-state index contributed by atoms with van der Waals surface area (Å²) in [6.45, 7) is 9.23. The summed E-state index contributed by atoms with van der Waals surface area (Å²) in [6.07, 6.45) is 9.18. The van der Waals surface area contributed by atoms with Crippen LogP contribution in [0.4, 0.5) is 4.79 Å². The quantitative estimate of drug-likeness (QED) is 0.338. The third-order valence-corrected chi connectivity index (χ3v) is 14.0. The molecule has 10 heteroatoms. The van der Waals surface area contributed by atoms with Crippen molar-refractivity contribution in [3.8, 4) is 11.5 Å². The van der Waals surface area contributed by atoms with Gasteiger partial charge in [0.25, 0.3) is 10.0 Å². The Labute approximate surface area is 261 Å². The minimum absolute atomic E-state index is 0.0216. The van der Waals surface area contributed by atoms with Gasteiger partial charge in [-0.1, -0.05) is 34.1 Å². The molecule has 4 aliphatic rings. The van der Waals surface area contributed by atoms with Crippen LogP contribution in [-0.4, -0.2) is 48.5 Å². The number of carbonyl (C=O) groups is 1. The molecule has 242 valence electrons. The molecule has 0 aliphatic heterocycles. The number of hydrogen-bond donors (Lipinski definition) is 3. The van der Waals surface area contributed by atoms with Crippen molar-refractivity contribution in [2.24, 2.45) is 52.3 Å². The number of amides is 1. The van der Waals surface area contributed by atoms with Gasteiger partial charge in [0.1, 0.15) is 6.26 Å². The molecule has 0 bridgehead atoms. The summed E-state index contributed by atoms with van der Waals surface area (Å²) in [5.41, 5.74) is 0.797. The minimum atomic E-state index is -4.11. The van der Waals surface area contributed by atoms with E-state index in [-0.39, 0.29) is 52.3 Å². The number of hydrogen-bond acceptors (Lipinski definition) is 8. The van der Waals surface area contributed by atoms with Gasteiger partial charge in [0, 0.05) is 5.56 Å². The van der Waals surface area contributed by atoms with E-state index in [2.05, 4.69) is 32.7 Å². The van der Waals surface area contributed by atoms with Crippen LogP contribution in [0, 0.1) is 52.3 Å². The van der Waals surface area contributed by atoms with Gasteiger partial charge in [-0.3, -0.25) is 0 Å². The molecule has 1 amide bonds. The molecule has 4 saturated carbocycles. The molecule has 44 heavy (non-hydrogen) atoms. The second-order valence-corrected chi connectivity index (χ2v) is 16.3. The molecule has 1 aromatic heterocycles. The van der Waals surface area contributed by atoms with Crippen molar-refractivity contribution in [3.05, 3.63) is 36.7 Å². The highest BCUT2D eigenvalue weighted by molar-refractivity contribution is 7.90. The molecule has 4 fully saturated rings. The lowest BCUT2D eigenvalue weighted by atomic mass is 9.41. The van der Waals surface area contributed by atoms with Gasteiger partial charge in [0.05, 0.1) is 29.9 Å². The summed E-state index contributed by atoms with van der Waals surface area (Å²) >= 11 is 0. The first-order valence-corrected chi connectivity index (χ1v) is 17.9. The first-order chi connectivity index (χ1) is 20.9. The highest BCUT2D eigenvalue weighted by atomic mass is 32.2. The lowest BCUT2D eigenvalue weighted by molar-refractivity contribution is -0.203. The average Bonchev–Trinajstić information content (AvgIpc) is 3.65. The molecule has 0 saturated heterocycles. The predicted octanol–water partition coefficient (Wildman–Crippen LogP) is 6.02. The van der Waals surface area contributed by atoms with Crippen LogP contribution < -0.4 is 4.72 Å². The van der Waals surface area contributed by atoms with E-state index in [1.165, 1.54) is 24.6 Å². The largest absolute Gasteiger partial charge is 0.449 e. The van der Waals surface area contributed by atoms with E-state index in [1.807, 2.05) is 4.72 Å². The zero-order valence-electron chi connectivity index (χ0n) is 26.3. The van der Waals surface area contributed by atoms with Crippen molar-refractivity contribution < 1.29 is 32.6 Å². The van der Waals surface area contributed by atoms with Crippen molar-refractivity contribution >= 4 is 16.1 Å². The molecule has 3 N–H and O–H groups in total. The lowest BCUT2D eigenvalue weighted by Crippen LogP contribution is -2.62. The fourth-order valence-corrected chi connectivity index (χ4v) is 11.5. The van der Waals surface area contributed by atoms with Crippen molar-refractivity contribution in [2.45, 2.75) is 96.2 Å². The maximum atomic E-state index is 12.9. The summed E-state index contributed by atoms with van der Waals surface area (Å²) in [5.74, 6) is 2.41.